The molecule has 284 valence electrons. The highest BCUT2D eigenvalue weighted by Crippen LogP contribution is 2.34. The molecule has 1 atom stereocenters. The Morgan fingerprint density at radius 1 is 0.804 bits per heavy atom. The molecule has 10 nitrogen and oxygen atoms in total. The standard InChI is InChI=1S/C46H46N6O4/c1-46(2,3)55-45(54)47-24-8-7-13-42-49-38-23-22-37(28-39(38)50-42)36-21-20-34-26-33(18-19-35(34)27-36)30-14-16-31(17-15-30)40-29-48-43(51-40)41-12-9-25-52(41)56-44(53)32-10-5-4-6-11-32/h4-6,10-11,14-23,26-29,41H,7-9,12-13,24-25H2,1-3H3,(H,47,54)(H,48,51)(H,49,50)/t41-/m0/s1. The second-order valence-electron chi connectivity index (χ2n) is 15.4. The molecule has 2 aromatic heterocycles. The fourth-order valence-corrected chi connectivity index (χ4v) is 7.24. The van der Waals surface area contributed by atoms with E-state index in [1.54, 1.807) is 17.2 Å². The van der Waals surface area contributed by atoms with Crippen LogP contribution in [0.1, 0.15) is 74.5 Å². The third-order valence-corrected chi connectivity index (χ3v) is 10.1. The molecule has 0 spiro atoms. The number of carbonyl (C=O) groups is 2. The zero-order chi connectivity index (χ0) is 38.6. The number of carbonyl (C=O) groups excluding carboxylic acids is 2. The summed E-state index contributed by atoms with van der Waals surface area (Å²) in [6.07, 6.45) is 5.81. The van der Waals surface area contributed by atoms with Crippen LogP contribution >= 0.6 is 0 Å². The van der Waals surface area contributed by atoms with Gasteiger partial charge in [-0.1, -0.05) is 72.8 Å². The number of aromatic amines is 2. The van der Waals surface area contributed by atoms with Crippen molar-refractivity contribution in [1.29, 1.82) is 0 Å². The Morgan fingerprint density at radius 2 is 1.48 bits per heavy atom. The van der Waals surface area contributed by atoms with Crippen molar-refractivity contribution in [3.63, 3.8) is 0 Å². The molecule has 0 bridgehead atoms. The molecular formula is C46H46N6O4. The Hall–Kier alpha value is -6.26. The van der Waals surface area contributed by atoms with Crippen LogP contribution in [0.15, 0.2) is 115 Å². The molecule has 3 N–H and O–H groups in total. The second kappa shape index (κ2) is 15.8. The third-order valence-electron chi connectivity index (χ3n) is 10.1. The normalized spacial score (nSPS) is 14.7. The lowest BCUT2D eigenvalue weighted by Crippen LogP contribution is -2.33. The maximum Gasteiger partial charge on any atom is 0.407 e. The minimum Gasteiger partial charge on any atom is -0.444 e. The minimum absolute atomic E-state index is 0.112. The first-order valence-electron chi connectivity index (χ1n) is 19.3. The Morgan fingerprint density at radius 3 is 2.23 bits per heavy atom. The van der Waals surface area contributed by atoms with E-state index < -0.39 is 5.60 Å². The van der Waals surface area contributed by atoms with Crippen molar-refractivity contribution in [2.24, 2.45) is 0 Å². The number of hydrogen-bond acceptors (Lipinski definition) is 7. The van der Waals surface area contributed by atoms with Gasteiger partial charge in [0.05, 0.1) is 28.5 Å². The number of benzene rings is 5. The summed E-state index contributed by atoms with van der Waals surface area (Å²) in [5.41, 5.74) is 8.52. The van der Waals surface area contributed by atoms with Gasteiger partial charge in [0.2, 0.25) is 0 Å². The van der Waals surface area contributed by atoms with Crippen LogP contribution in [0.2, 0.25) is 0 Å². The predicted octanol–water partition coefficient (Wildman–Crippen LogP) is 10.2. The molecule has 1 aliphatic heterocycles. The van der Waals surface area contributed by atoms with Gasteiger partial charge in [0, 0.05) is 19.5 Å². The van der Waals surface area contributed by atoms with Crippen LogP contribution in [0.5, 0.6) is 0 Å². The molecular weight excluding hydrogens is 701 g/mol. The number of fused-ring (bicyclic) bond motifs is 2. The summed E-state index contributed by atoms with van der Waals surface area (Å²) in [5, 5.41) is 6.92. The van der Waals surface area contributed by atoms with E-state index in [2.05, 4.69) is 99.1 Å². The fraction of sp³-hybridized carbons (Fsp3) is 0.261. The molecule has 0 radical (unpaired) electrons. The van der Waals surface area contributed by atoms with Crippen molar-refractivity contribution < 1.29 is 19.2 Å². The van der Waals surface area contributed by atoms with E-state index in [4.69, 9.17) is 14.6 Å². The van der Waals surface area contributed by atoms with Gasteiger partial charge in [-0.25, -0.2) is 19.6 Å². The molecule has 7 aromatic rings. The summed E-state index contributed by atoms with van der Waals surface area (Å²) in [6, 6.07) is 37.0. The Balaban J connectivity index is 0.890. The first kappa shape index (κ1) is 36.7. The first-order chi connectivity index (χ1) is 27.1. The third kappa shape index (κ3) is 8.50. The summed E-state index contributed by atoms with van der Waals surface area (Å²) < 4.78 is 5.30. The number of ether oxygens (including phenoxy) is 1. The van der Waals surface area contributed by atoms with Crippen molar-refractivity contribution in [3.8, 4) is 33.5 Å². The molecule has 3 heterocycles. The van der Waals surface area contributed by atoms with Gasteiger partial charge in [0.1, 0.15) is 23.3 Å². The van der Waals surface area contributed by atoms with E-state index in [1.807, 2.05) is 45.2 Å². The lowest BCUT2D eigenvalue weighted by atomic mass is 9.97. The number of alkyl carbamates (subject to hydrolysis) is 1. The number of hydroxylamine groups is 2. The van der Waals surface area contributed by atoms with Crippen molar-refractivity contribution >= 4 is 33.9 Å². The average Bonchev–Trinajstić information content (AvgIpc) is 3.97. The van der Waals surface area contributed by atoms with Crippen LogP contribution in [0, 0.1) is 0 Å². The summed E-state index contributed by atoms with van der Waals surface area (Å²) in [6.45, 7) is 6.82. The van der Waals surface area contributed by atoms with Gasteiger partial charge in [-0.15, -0.1) is 5.06 Å². The minimum atomic E-state index is -0.498. The zero-order valence-corrected chi connectivity index (χ0v) is 32.0. The van der Waals surface area contributed by atoms with E-state index in [9.17, 15) is 9.59 Å². The first-order valence-corrected chi connectivity index (χ1v) is 19.3. The van der Waals surface area contributed by atoms with Gasteiger partial charge in [-0.05, 0) is 121 Å². The highest BCUT2D eigenvalue weighted by Gasteiger charge is 2.32. The van der Waals surface area contributed by atoms with Crippen molar-refractivity contribution in [3.05, 3.63) is 133 Å². The number of aromatic nitrogens is 4. The van der Waals surface area contributed by atoms with Crippen molar-refractivity contribution in [2.75, 3.05) is 13.1 Å². The zero-order valence-electron chi connectivity index (χ0n) is 32.0. The molecule has 10 heteroatoms. The van der Waals surface area contributed by atoms with Crippen LogP contribution in [0.3, 0.4) is 0 Å². The summed E-state index contributed by atoms with van der Waals surface area (Å²) in [7, 11) is 0. The number of nitrogens with zero attached hydrogens (tertiary/aromatic N) is 3. The number of unbranched alkanes of at least 4 members (excludes halogenated alkanes) is 1. The van der Waals surface area contributed by atoms with Crippen LogP contribution in [0.4, 0.5) is 4.79 Å². The van der Waals surface area contributed by atoms with E-state index >= 15 is 0 Å². The molecule has 0 unspecified atom stereocenters. The number of rotatable bonds is 11. The van der Waals surface area contributed by atoms with Gasteiger partial charge in [-0.2, -0.15) is 0 Å². The van der Waals surface area contributed by atoms with E-state index in [1.165, 1.54) is 10.8 Å². The molecule has 1 aliphatic rings. The number of imidazole rings is 2. The van der Waals surface area contributed by atoms with E-state index in [-0.39, 0.29) is 18.1 Å². The van der Waals surface area contributed by atoms with Crippen molar-refractivity contribution in [2.45, 2.75) is 64.5 Å². The number of H-pyrrole nitrogens is 2. The van der Waals surface area contributed by atoms with Gasteiger partial charge < -0.3 is 24.9 Å². The lowest BCUT2D eigenvalue weighted by molar-refractivity contribution is -0.121. The number of amides is 1. The van der Waals surface area contributed by atoms with E-state index in [0.29, 0.717) is 18.7 Å². The summed E-state index contributed by atoms with van der Waals surface area (Å²) >= 11 is 0. The SMILES string of the molecule is CC(C)(C)OC(=O)NCCCCc1nc2ccc(-c3ccc4cc(-c5ccc(-c6cnc([C@@H]7CCCN7OC(=O)c7ccccc7)[nH]6)cc5)ccc4c3)cc2[nH]1. The summed E-state index contributed by atoms with van der Waals surface area (Å²) in [4.78, 5) is 46.8. The van der Waals surface area contributed by atoms with Gasteiger partial charge in [-0.3, -0.25) is 0 Å². The molecule has 0 saturated carbocycles. The molecule has 0 aliphatic carbocycles. The molecule has 1 saturated heterocycles. The van der Waals surface area contributed by atoms with Crippen LogP contribution in [0.25, 0.3) is 55.3 Å². The monoisotopic (exact) mass is 746 g/mol. The van der Waals surface area contributed by atoms with Crippen molar-refractivity contribution in [1.82, 2.24) is 30.3 Å². The van der Waals surface area contributed by atoms with Gasteiger partial charge in [0.15, 0.2) is 0 Å². The Kier molecular flexibility index (Phi) is 10.4. The molecule has 1 fully saturated rings. The number of aryl methyl sites for hydroxylation is 1. The van der Waals surface area contributed by atoms with E-state index in [0.717, 1.165) is 88.3 Å². The topological polar surface area (TPSA) is 125 Å². The maximum absolute atomic E-state index is 12.7. The van der Waals surface area contributed by atoms with Crippen LogP contribution in [-0.4, -0.2) is 55.8 Å². The number of hydrogen-bond donors (Lipinski definition) is 3. The van der Waals surface area contributed by atoms with Crippen LogP contribution in [-0.2, 0) is 16.0 Å². The Bertz CT molecular complexity index is 2480. The van der Waals surface area contributed by atoms with Gasteiger partial charge in [0.25, 0.3) is 0 Å². The molecule has 1 amide bonds. The largest absolute Gasteiger partial charge is 0.444 e. The van der Waals surface area contributed by atoms with Gasteiger partial charge >= 0.3 is 12.1 Å². The number of nitrogens with one attached hydrogen (secondary N) is 3. The second-order valence-corrected chi connectivity index (χ2v) is 15.4. The summed E-state index contributed by atoms with van der Waals surface area (Å²) in [5.74, 6) is 1.39. The fourth-order valence-electron chi connectivity index (χ4n) is 7.24. The maximum atomic E-state index is 12.7. The predicted molar refractivity (Wildman–Crippen MR) is 220 cm³/mol. The average molecular weight is 747 g/mol. The molecule has 8 rings (SSSR count). The highest BCUT2D eigenvalue weighted by atomic mass is 16.7. The quantitative estimate of drug-likeness (QED) is 0.113. The Labute approximate surface area is 326 Å². The lowest BCUT2D eigenvalue weighted by Gasteiger charge is -2.21. The molecule has 56 heavy (non-hydrogen) atoms. The van der Waals surface area contributed by atoms with Crippen LogP contribution < -0.4 is 5.32 Å². The smallest absolute Gasteiger partial charge is 0.407 e. The highest BCUT2D eigenvalue weighted by molar-refractivity contribution is 5.92. The molecule has 5 aromatic carbocycles.